The van der Waals surface area contributed by atoms with Crippen molar-refractivity contribution in [1.29, 1.82) is 0 Å². The van der Waals surface area contributed by atoms with Gasteiger partial charge in [-0.15, -0.1) is 0 Å². The maximum atomic E-state index is 9.10. The fourth-order valence-corrected chi connectivity index (χ4v) is 1.90. The molecule has 20 heavy (non-hydrogen) atoms. The Morgan fingerprint density at radius 1 is 1.15 bits per heavy atom. The third-order valence-corrected chi connectivity index (χ3v) is 3.02. The summed E-state index contributed by atoms with van der Waals surface area (Å²) in [7, 11) is 0. The number of halogens is 1. The summed E-state index contributed by atoms with van der Waals surface area (Å²) in [4.78, 5) is 18.2. The van der Waals surface area contributed by atoms with Gasteiger partial charge in [0, 0.05) is 5.02 Å². The number of benzene rings is 1. The zero-order chi connectivity index (χ0) is 15.7. The first-order valence-corrected chi connectivity index (χ1v) is 6.59. The molecular formula is C14H20ClNO4. The van der Waals surface area contributed by atoms with E-state index in [1.807, 2.05) is 12.1 Å². The standard InChI is InChI=1S/C12H18ClN.C2H2O4/c1-9(2)12(7-8-14)10-3-5-11(13)6-4-10;3-1(4)2(5)6/h3-6,9,12H,7-8,14H2,1-2H3;(H,3,4)(H,5,6). The molecule has 1 aromatic rings. The molecule has 0 fully saturated rings. The van der Waals surface area contributed by atoms with Crippen molar-refractivity contribution in [2.45, 2.75) is 26.2 Å². The van der Waals surface area contributed by atoms with Gasteiger partial charge in [0.2, 0.25) is 0 Å². The van der Waals surface area contributed by atoms with Gasteiger partial charge < -0.3 is 15.9 Å². The molecule has 0 bridgehead atoms. The molecule has 6 heteroatoms. The van der Waals surface area contributed by atoms with Crippen LogP contribution in [0.1, 0.15) is 31.7 Å². The lowest BCUT2D eigenvalue weighted by molar-refractivity contribution is -0.159. The molecule has 0 aliphatic heterocycles. The number of hydrogen-bond donors (Lipinski definition) is 3. The Labute approximate surface area is 123 Å². The summed E-state index contributed by atoms with van der Waals surface area (Å²) < 4.78 is 0. The number of hydrogen-bond acceptors (Lipinski definition) is 3. The SMILES string of the molecule is CC(C)C(CCN)c1ccc(Cl)cc1.O=C(O)C(=O)O. The second-order valence-electron chi connectivity index (χ2n) is 4.59. The molecule has 0 saturated carbocycles. The molecule has 1 atom stereocenters. The van der Waals surface area contributed by atoms with Gasteiger partial charge in [0.15, 0.2) is 0 Å². The minimum Gasteiger partial charge on any atom is -0.473 e. The highest BCUT2D eigenvalue weighted by Crippen LogP contribution is 2.28. The topological polar surface area (TPSA) is 101 Å². The summed E-state index contributed by atoms with van der Waals surface area (Å²) in [6, 6.07) is 8.09. The Morgan fingerprint density at radius 3 is 1.90 bits per heavy atom. The van der Waals surface area contributed by atoms with Crippen LogP contribution in [0.5, 0.6) is 0 Å². The Bertz CT molecular complexity index is 419. The van der Waals surface area contributed by atoms with Crippen LogP contribution in [0.15, 0.2) is 24.3 Å². The van der Waals surface area contributed by atoms with E-state index in [1.165, 1.54) is 5.56 Å². The molecule has 0 radical (unpaired) electrons. The average molecular weight is 302 g/mol. The van der Waals surface area contributed by atoms with Crippen molar-refractivity contribution in [3.8, 4) is 0 Å². The molecule has 0 aromatic heterocycles. The zero-order valence-corrected chi connectivity index (χ0v) is 12.3. The molecule has 0 amide bonds. The monoisotopic (exact) mass is 301 g/mol. The number of carbonyl (C=O) groups is 2. The van der Waals surface area contributed by atoms with Gasteiger partial charge in [-0.25, -0.2) is 9.59 Å². The molecular weight excluding hydrogens is 282 g/mol. The van der Waals surface area contributed by atoms with Crippen LogP contribution >= 0.6 is 11.6 Å². The molecule has 0 aliphatic rings. The molecule has 1 aromatic carbocycles. The highest BCUT2D eigenvalue weighted by Gasteiger charge is 2.14. The largest absolute Gasteiger partial charge is 0.473 e. The Kier molecular flexibility index (Phi) is 8.59. The summed E-state index contributed by atoms with van der Waals surface area (Å²) in [6.07, 6.45) is 1.04. The van der Waals surface area contributed by atoms with Gasteiger partial charge in [-0.05, 0) is 42.5 Å². The van der Waals surface area contributed by atoms with Gasteiger partial charge in [-0.1, -0.05) is 37.6 Å². The van der Waals surface area contributed by atoms with Crippen LogP contribution in [-0.4, -0.2) is 28.7 Å². The van der Waals surface area contributed by atoms with E-state index in [4.69, 9.17) is 37.1 Å². The maximum Gasteiger partial charge on any atom is 0.414 e. The van der Waals surface area contributed by atoms with Crippen LogP contribution in [0.4, 0.5) is 0 Å². The summed E-state index contributed by atoms with van der Waals surface area (Å²) in [5.41, 5.74) is 6.95. The van der Waals surface area contributed by atoms with E-state index < -0.39 is 11.9 Å². The number of carboxylic acid groups (broad SMARTS) is 2. The molecule has 0 aliphatic carbocycles. The molecule has 0 heterocycles. The first-order chi connectivity index (χ1) is 9.29. The molecule has 4 N–H and O–H groups in total. The quantitative estimate of drug-likeness (QED) is 0.742. The van der Waals surface area contributed by atoms with Crippen LogP contribution < -0.4 is 5.73 Å². The number of carboxylic acids is 2. The van der Waals surface area contributed by atoms with Gasteiger partial charge in [-0.2, -0.15) is 0 Å². The minimum atomic E-state index is -1.82. The fourth-order valence-electron chi connectivity index (χ4n) is 1.77. The second-order valence-corrected chi connectivity index (χ2v) is 5.03. The van der Waals surface area contributed by atoms with Gasteiger partial charge >= 0.3 is 11.9 Å². The lowest BCUT2D eigenvalue weighted by atomic mass is 9.86. The number of nitrogens with two attached hydrogens (primary N) is 1. The highest BCUT2D eigenvalue weighted by atomic mass is 35.5. The Balaban J connectivity index is 0.000000511. The molecule has 0 saturated heterocycles. The van der Waals surface area contributed by atoms with Gasteiger partial charge in [-0.3, -0.25) is 0 Å². The van der Waals surface area contributed by atoms with Gasteiger partial charge in [0.1, 0.15) is 0 Å². The lowest BCUT2D eigenvalue weighted by Gasteiger charge is -2.20. The van der Waals surface area contributed by atoms with Crippen molar-refractivity contribution in [2.75, 3.05) is 6.54 Å². The summed E-state index contributed by atoms with van der Waals surface area (Å²) in [5.74, 6) is -2.47. The Hall–Kier alpha value is -1.59. The van der Waals surface area contributed by atoms with Crippen molar-refractivity contribution in [2.24, 2.45) is 11.7 Å². The molecule has 0 spiro atoms. The van der Waals surface area contributed by atoms with Crippen molar-refractivity contribution in [3.05, 3.63) is 34.9 Å². The summed E-state index contributed by atoms with van der Waals surface area (Å²) >= 11 is 5.85. The summed E-state index contributed by atoms with van der Waals surface area (Å²) in [5, 5.41) is 15.6. The van der Waals surface area contributed by atoms with Crippen LogP contribution in [0.2, 0.25) is 5.02 Å². The number of rotatable bonds is 4. The van der Waals surface area contributed by atoms with Gasteiger partial charge in [0.25, 0.3) is 0 Å². The highest BCUT2D eigenvalue weighted by molar-refractivity contribution is 6.30. The van der Waals surface area contributed by atoms with Crippen molar-refractivity contribution < 1.29 is 19.8 Å². The third-order valence-electron chi connectivity index (χ3n) is 2.76. The van der Waals surface area contributed by atoms with Crippen LogP contribution in [-0.2, 0) is 9.59 Å². The van der Waals surface area contributed by atoms with E-state index in [9.17, 15) is 0 Å². The van der Waals surface area contributed by atoms with E-state index in [0.717, 1.165) is 18.0 Å². The molecule has 112 valence electrons. The second kappa shape index (κ2) is 9.34. The minimum absolute atomic E-state index is 0.553. The van der Waals surface area contributed by atoms with Crippen LogP contribution in [0.3, 0.4) is 0 Å². The van der Waals surface area contributed by atoms with Crippen molar-refractivity contribution >= 4 is 23.5 Å². The van der Waals surface area contributed by atoms with E-state index in [2.05, 4.69) is 26.0 Å². The zero-order valence-electron chi connectivity index (χ0n) is 11.5. The normalized spacial score (nSPS) is 11.4. The third kappa shape index (κ3) is 7.11. The first kappa shape index (κ1) is 18.4. The fraction of sp³-hybridized carbons (Fsp3) is 0.429. The predicted molar refractivity (Wildman–Crippen MR) is 78.0 cm³/mol. The smallest absolute Gasteiger partial charge is 0.414 e. The average Bonchev–Trinajstić information content (AvgIpc) is 2.37. The lowest BCUT2D eigenvalue weighted by Crippen LogP contribution is -2.12. The van der Waals surface area contributed by atoms with Crippen molar-refractivity contribution in [3.63, 3.8) is 0 Å². The maximum absolute atomic E-state index is 9.10. The van der Waals surface area contributed by atoms with E-state index in [0.29, 0.717) is 11.8 Å². The van der Waals surface area contributed by atoms with Crippen molar-refractivity contribution in [1.82, 2.24) is 0 Å². The van der Waals surface area contributed by atoms with E-state index in [1.54, 1.807) is 0 Å². The molecule has 5 nitrogen and oxygen atoms in total. The van der Waals surface area contributed by atoms with Gasteiger partial charge in [0.05, 0.1) is 0 Å². The summed E-state index contributed by atoms with van der Waals surface area (Å²) in [6.45, 7) is 5.20. The van der Waals surface area contributed by atoms with E-state index in [-0.39, 0.29) is 0 Å². The van der Waals surface area contributed by atoms with Crippen LogP contribution in [0, 0.1) is 5.92 Å². The molecule has 1 unspecified atom stereocenters. The number of aliphatic carboxylic acids is 2. The Morgan fingerprint density at radius 2 is 1.60 bits per heavy atom. The van der Waals surface area contributed by atoms with Crippen LogP contribution in [0.25, 0.3) is 0 Å². The molecule has 1 rings (SSSR count). The first-order valence-electron chi connectivity index (χ1n) is 6.21. The predicted octanol–water partition coefficient (Wildman–Crippen LogP) is 2.58. The van der Waals surface area contributed by atoms with E-state index >= 15 is 0 Å².